The van der Waals surface area contributed by atoms with Crippen LogP contribution in [0.15, 0.2) is 42.5 Å². The van der Waals surface area contributed by atoms with Crippen LogP contribution in [-0.4, -0.2) is 38.6 Å². The van der Waals surface area contributed by atoms with E-state index in [9.17, 15) is 18.4 Å². The van der Waals surface area contributed by atoms with Gasteiger partial charge in [0.15, 0.2) is 11.5 Å². The minimum Gasteiger partial charge on any atom is -0.493 e. The second-order valence-electron chi connectivity index (χ2n) is 7.97. The molecule has 168 valence electrons. The number of hydrogen-bond donors (Lipinski definition) is 2. The van der Waals surface area contributed by atoms with E-state index >= 15 is 0 Å². The molecule has 31 heavy (non-hydrogen) atoms. The maximum atomic E-state index is 12.4. The van der Waals surface area contributed by atoms with Crippen molar-refractivity contribution < 1.29 is 27.8 Å². The number of carbonyl (C=O) groups is 2. The van der Waals surface area contributed by atoms with Crippen LogP contribution in [0.2, 0.25) is 0 Å². The zero-order valence-electron chi connectivity index (χ0n) is 18.1. The molecule has 0 radical (unpaired) electrons. The summed E-state index contributed by atoms with van der Waals surface area (Å²) in [7, 11) is 1.36. The third kappa shape index (κ3) is 7.55. The monoisotopic (exact) mass is 434 g/mol. The van der Waals surface area contributed by atoms with Crippen molar-refractivity contribution in [2.24, 2.45) is 0 Å². The van der Waals surface area contributed by atoms with E-state index in [1.807, 2.05) is 12.1 Å². The molecule has 0 fully saturated rings. The Hall–Kier alpha value is -3.16. The molecule has 8 heteroatoms. The van der Waals surface area contributed by atoms with Gasteiger partial charge in [0.05, 0.1) is 13.7 Å². The smallest absolute Gasteiger partial charge is 0.387 e. The van der Waals surface area contributed by atoms with Gasteiger partial charge in [-0.3, -0.25) is 9.59 Å². The van der Waals surface area contributed by atoms with Crippen LogP contribution in [0.25, 0.3) is 0 Å². The van der Waals surface area contributed by atoms with E-state index in [1.165, 1.54) is 13.2 Å². The maximum Gasteiger partial charge on any atom is 0.387 e. The summed E-state index contributed by atoms with van der Waals surface area (Å²) in [5.41, 5.74) is 2.38. The average Bonchev–Trinajstić information content (AvgIpc) is 2.72. The fourth-order valence-electron chi connectivity index (χ4n) is 2.85. The van der Waals surface area contributed by atoms with E-state index in [2.05, 4.69) is 36.1 Å². The Labute approximate surface area is 180 Å². The molecule has 0 saturated carbocycles. The first-order chi connectivity index (χ1) is 14.6. The van der Waals surface area contributed by atoms with Crippen LogP contribution in [0.1, 0.15) is 42.3 Å². The summed E-state index contributed by atoms with van der Waals surface area (Å²) in [5.74, 6) is -0.517. The Morgan fingerprint density at radius 3 is 2.26 bits per heavy atom. The van der Waals surface area contributed by atoms with Gasteiger partial charge in [0.1, 0.15) is 0 Å². The number of amides is 2. The average molecular weight is 434 g/mol. The first-order valence-corrected chi connectivity index (χ1v) is 9.87. The Morgan fingerprint density at radius 2 is 1.68 bits per heavy atom. The molecule has 0 spiro atoms. The van der Waals surface area contributed by atoms with Gasteiger partial charge in [-0.2, -0.15) is 8.78 Å². The second-order valence-corrected chi connectivity index (χ2v) is 7.97. The fraction of sp³-hybridized carbons (Fsp3) is 0.391. The fourth-order valence-corrected chi connectivity index (χ4v) is 2.85. The molecule has 2 amide bonds. The van der Waals surface area contributed by atoms with E-state index in [0.29, 0.717) is 18.5 Å². The molecule has 2 aromatic carbocycles. The lowest BCUT2D eigenvalue weighted by molar-refractivity contribution is -0.120. The predicted molar refractivity (Wildman–Crippen MR) is 114 cm³/mol. The quantitative estimate of drug-likeness (QED) is 0.631. The zero-order chi connectivity index (χ0) is 23.0. The van der Waals surface area contributed by atoms with Crippen LogP contribution in [0.3, 0.4) is 0 Å². The summed E-state index contributed by atoms with van der Waals surface area (Å²) in [6.07, 6.45) is 0.458. The summed E-state index contributed by atoms with van der Waals surface area (Å²) in [6.45, 7) is 3.50. The molecular weight excluding hydrogens is 406 g/mol. The van der Waals surface area contributed by atoms with E-state index in [1.54, 1.807) is 24.3 Å². The van der Waals surface area contributed by atoms with Crippen LogP contribution in [0.4, 0.5) is 8.78 Å². The van der Waals surface area contributed by atoms with Crippen molar-refractivity contribution in [1.82, 2.24) is 10.6 Å². The number of rotatable bonds is 9. The predicted octanol–water partition coefficient (Wildman–Crippen LogP) is 3.68. The number of benzene rings is 2. The van der Waals surface area contributed by atoms with Crippen molar-refractivity contribution in [3.63, 3.8) is 0 Å². The minimum atomic E-state index is -2.94. The number of alkyl halides is 2. The Morgan fingerprint density at radius 1 is 1.00 bits per heavy atom. The van der Waals surface area contributed by atoms with Crippen LogP contribution < -0.4 is 20.1 Å². The Bertz CT molecular complexity index is 893. The molecule has 0 unspecified atom stereocenters. The van der Waals surface area contributed by atoms with Crippen LogP contribution >= 0.6 is 0 Å². The summed E-state index contributed by atoms with van der Waals surface area (Å²) in [4.78, 5) is 24.2. The standard InChI is InChI=1S/C23H28F2N2O4/c1-23(2,3)17-8-6-16(7-9-17)21(29)27-14-20(28)26-12-11-15-5-10-18(31-22(24)25)19(13-15)30-4/h5-10,13,22H,11-12,14H2,1-4H3,(H,26,28)(H,27,29). The van der Waals surface area contributed by atoms with Crippen molar-refractivity contribution in [3.05, 3.63) is 59.2 Å². The molecular formula is C23H28F2N2O4. The number of hydrogen-bond acceptors (Lipinski definition) is 4. The lowest BCUT2D eigenvalue weighted by Crippen LogP contribution is -2.37. The molecule has 0 saturated heterocycles. The van der Waals surface area contributed by atoms with Gasteiger partial charge in [0, 0.05) is 12.1 Å². The molecule has 2 rings (SSSR count). The third-order valence-electron chi connectivity index (χ3n) is 4.60. The molecule has 0 aromatic heterocycles. The molecule has 0 aliphatic carbocycles. The SMILES string of the molecule is COc1cc(CCNC(=O)CNC(=O)c2ccc(C(C)(C)C)cc2)ccc1OC(F)F. The first kappa shape index (κ1) is 24.1. The lowest BCUT2D eigenvalue weighted by atomic mass is 9.87. The van der Waals surface area contributed by atoms with Crippen molar-refractivity contribution >= 4 is 11.8 Å². The van der Waals surface area contributed by atoms with Gasteiger partial charge in [-0.15, -0.1) is 0 Å². The normalized spacial score (nSPS) is 11.2. The number of nitrogens with one attached hydrogen (secondary N) is 2. The van der Waals surface area contributed by atoms with Gasteiger partial charge in [0.25, 0.3) is 5.91 Å². The summed E-state index contributed by atoms with van der Waals surface area (Å²) in [5, 5.41) is 5.30. The summed E-state index contributed by atoms with van der Waals surface area (Å²) < 4.78 is 34.2. The van der Waals surface area contributed by atoms with Gasteiger partial charge in [0.2, 0.25) is 5.91 Å². The van der Waals surface area contributed by atoms with E-state index in [4.69, 9.17) is 4.74 Å². The van der Waals surface area contributed by atoms with E-state index < -0.39 is 6.61 Å². The lowest BCUT2D eigenvalue weighted by Gasteiger charge is -2.19. The van der Waals surface area contributed by atoms with Crippen LogP contribution in [-0.2, 0) is 16.6 Å². The molecule has 0 bridgehead atoms. The Kier molecular flexibility index (Phi) is 8.36. The van der Waals surface area contributed by atoms with Crippen LogP contribution in [0, 0.1) is 0 Å². The van der Waals surface area contributed by atoms with Crippen LogP contribution in [0.5, 0.6) is 11.5 Å². The zero-order valence-corrected chi connectivity index (χ0v) is 18.1. The highest BCUT2D eigenvalue weighted by Crippen LogP contribution is 2.29. The Balaban J connectivity index is 1.79. The largest absolute Gasteiger partial charge is 0.493 e. The van der Waals surface area contributed by atoms with Crippen molar-refractivity contribution in [2.45, 2.75) is 39.2 Å². The van der Waals surface area contributed by atoms with Crippen molar-refractivity contribution in [2.75, 3.05) is 20.2 Å². The molecule has 0 atom stereocenters. The number of methoxy groups -OCH3 is 1. The van der Waals surface area contributed by atoms with Gasteiger partial charge < -0.3 is 20.1 Å². The topological polar surface area (TPSA) is 76.7 Å². The molecule has 0 aliphatic rings. The van der Waals surface area contributed by atoms with Crippen molar-refractivity contribution in [1.29, 1.82) is 0 Å². The summed E-state index contributed by atoms with van der Waals surface area (Å²) in [6, 6.07) is 11.9. The third-order valence-corrected chi connectivity index (χ3v) is 4.60. The van der Waals surface area contributed by atoms with E-state index in [-0.39, 0.29) is 35.3 Å². The van der Waals surface area contributed by atoms with Crippen molar-refractivity contribution in [3.8, 4) is 11.5 Å². The highest BCUT2D eigenvalue weighted by molar-refractivity contribution is 5.96. The van der Waals surface area contributed by atoms with Gasteiger partial charge >= 0.3 is 6.61 Å². The number of halogens is 2. The number of ether oxygens (including phenoxy) is 2. The highest BCUT2D eigenvalue weighted by Gasteiger charge is 2.15. The number of carbonyl (C=O) groups excluding carboxylic acids is 2. The molecule has 0 aliphatic heterocycles. The van der Waals surface area contributed by atoms with E-state index in [0.717, 1.165) is 11.1 Å². The van der Waals surface area contributed by atoms with Gasteiger partial charge in [-0.1, -0.05) is 39.0 Å². The molecule has 2 aromatic rings. The maximum absolute atomic E-state index is 12.4. The molecule has 6 nitrogen and oxygen atoms in total. The second kappa shape index (κ2) is 10.7. The first-order valence-electron chi connectivity index (χ1n) is 9.87. The highest BCUT2D eigenvalue weighted by atomic mass is 19.3. The van der Waals surface area contributed by atoms with Gasteiger partial charge in [-0.05, 0) is 47.2 Å². The molecule has 2 N–H and O–H groups in total. The summed E-state index contributed by atoms with van der Waals surface area (Å²) >= 11 is 0. The van der Waals surface area contributed by atoms with Gasteiger partial charge in [-0.25, -0.2) is 0 Å². The minimum absolute atomic E-state index is 0.00479. The molecule has 0 heterocycles.